The third-order valence-electron chi connectivity index (χ3n) is 2.72. The van der Waals surface area contributed by atoms with E-state index in [-0.39, 0.29) is 0 Å². The molecule has 0 heteroatoms. The van der Waals surface area contributed by atoms with Gasteiger partial charge in [0, 0.05) is 0 Å². The normalized spacial score (nSPS) is 11.6. The van der Waals surface area contributed by atoms with Crippen LogP contribution in [0.4, 0.5) is 0 Å². The summed E-state index contributed by atoms with van der Waals surface area (Å²) in [7, 11) is 0. The van der Waals surface area contributed by atoms with Crippen LogP contribution in [0.25, 0.3) is 0 Å². The van der Waals surface area contributed by atoms with E-state index in [1.807, 2.05) is 0 Å². The van der Waals surface area contributed by atoms with Crippen LogP contribution >= 0.6 is 0 Å². The molecule has 1 radical (unpaired) electrons. The molecule has 0 aliphatic rings. The van der Waals surface area contributed by atoms with E-state index in [1.165, 1.54) is 5.56 Å². The molecule has 1 aromatic rings. The summed E-state index contributed by atoms with van der Waals surface area (Å²) in [6.45, 7) is 9.18. The molecule has 0 unspecified atom stereocenters. The van der Waals surface area contributed by atoms with Crippen LogP contribution in [0.15, 0.2) is 30.3 Å². The van der Waals surface area contributed by atoms with Gasteiger partial charge in [0.2, 0.25) is 0 Å². The molecule has 77 valence electrons. The summed E-state index contributed by atoms with van der Waals surface area (Å²) >= 11 is 0. The molecule has 0 aliphatic carbocycles. The molecule has 0 aromatic heterocycles. The van der Waals surface area contributed by atoms with Gasteiger partial charge in [-0.3, -0.25) is 0 Å². The standard InChI is InChI=1S/C14H21/c1-11(2)14(12(3)4)10-13-8-6-5-7-9-13/h5-12,14H,1-4H3. The first kappa shape index (κ1) is 11.3. The smallest absolute Gasteiger partial charge is 0.00570 e. The Balaban J connectivity index is 2.65. The molecule has 0 fully saturated rings. The van der Waals surface area contributed by atoms with E-state index in [9.17, 15) is 0 Å². The van der Waals surface area contributed by atoms with Crippen LogP contribution in [0.2, 0.25) is 0 Å². The van der Waals surface area contributed by atoms with Crippen molar-refractivity contribution < 1.29 is 0 Å². The highest BCUT2D eigenvalue weighted by Gasteiger charge is 2.17. The molecule has 14 heavy (non-hydrogen) atoms. The predicted octanol–water partition coefficient (Wildman–Crippen LogP) is 4.17. The first-order chi connectivity index (χ1) is 6.61. The third kappa shape index (κ3) is 3.17. The molecule has 0 bridgehead atoms. The monoisotopic (exact) mass is 189 g/mol. The number of benzene rings is 1. The van der Waals surface area contributed by atoms with E-state index in [1.54, 1.807) is 0 Å². The Kier molecular flexibility index (Phi) is 4.19. The summed E-state index contributed by atoms with van der Waals surface area (Å²) in [5, 5.41) is 0. The molecule has 0 N–H and O–H groups in total. The van der Waals surface area contributed by atoms with Gasteiger partial charge in [-0.05, 0) is 29.7 Å². The lowest BCUT2D eigenvalue weighted by Crippen LogP contribution is -2.16. The minimum absolute atomic E-state index is 0.678. The molecule has 0 saturated carbocycles. The second-order valence-corrected chi connectivity index (χ2v) is 4.64. The average Bonchev–Trinajstić information content (AvgIpc) is 2.15. The number of hydrogen-bond acceptors (Lipinski definition) is 0. The molecule has 0 atom stereocenters. The highest BCUT2D eigenvalue weighted by atomic mass is 14.2. The van der Waals surface area contributed by atoms with Crippen LogP contribution in [0.3, 0.4) is 0 Å². The van der Waals surface area contributed by atoms with Crippen LogP contribution in [0.5, 0.6) is 0 Å². The molecule has 0 aliphatic heterocycles. The maximum absolute atomic E-state index is 2.40. The Hall–Kier alpha value is -0.780. The highest BCUT2D eigenvalue weighted by Crippen LogP contribution is 2.26. The van der Waals surface area contributed by atoms with E-state index in [0.717, 1.165) is 11.8 Å². The lowest BCUT2D eigenvalue weighted by atomic mass is 9.81. The second kappa shape index (κ2) is 5.19. The van der Waals surface area contributed by atoms with Gasteiger partial charge in [0.1, 0.15) is 0 Å². The van der Waals surface area contributed by atoms with Gasteiger partial charge in [-0.2, -0.15) is 0 Å². The fraction of sp³-hybridized carbons (Fsp3) is 0.500. The van der Waals surface area contributed by atoms with Crippen LogP contribution < -0.4 is 0 Å². The van der Waals surface area contributed by atoms with Gasteiger partial charge >= 0.3 is 0 Å². The Morgan fingerprint density at radius 3 is 1.79 bits per heavy atom. The third-order valence-corrected chi connectivity index (χ3v) is 2.72. The first-order valence-corrected chi connectivity index (χ1v) is 5.51. The minimum atomic E-state index is 0.678. The second-order valence-electron chi connectivity index (χ2n) is 4.64. The summed E-state index contributed by atoms with van der Waals surface area (Å²) in [4.78, 5) is 0. The van der Waals surface area contributed by atoms with Crippen LogP contribution in [0, 0.1) is 24.2 Å². The average molecular weight is 189 g/mol. The summed E-state index contributed by atoms with van der Waals surface area (Å²) in [6, 6.07) is 10.6. The molecule has 0 spiro atoms. The number of hydrogen-bond donors (Lipinski definition) is 0. The van der Waals surface area contributed by atoms with Crippen molar-refractivity contribution in [1.82, 2.24) is 0 Å². The summed E-state index contributed by atoms with van der Waals surface area (Å²) in [5.74, 6) is 2.11. The van der Waals surface area contributed by atoms with Gasteiger partial charge < -0.3 is 0 Å². The van der Waals surface area contributed by atoms with E-state index >= 15 is 0 Å². The van der Waals surface area contributed by atoms with Gasteiger partial charge in [-0.15, -0.1) is 0 Å². The van der Waals surface area contributed by atoms with Crippen molar-refractivity contribution in [2.75, 3.05) is 0 Å². The SMILES string of the molecule is CC(C)C([CH]c1ccccc1)C(C)C. The predicted molar refractivity (Wildman–Crippen MR) is 63.0 cm³/mol. The highest BCUT2D eigenvalue weighted by molar-refractivity contribution is 5.23. The van der Waals surface area contributed by atoms with Gasteiger partial charge in [0.15, 0.2) is 0 Å². The Morgan fingerprint density at radius 2 is 1.36 bits per heavy atom. The van der Waals surface area contributed by atoms with Gasteiger partial charge in [0.05, 0.1) is 0 Å². The van der Waals surface area contributed by atoms with Gasteiger partial charge in [-0.1, -0.05) is 58.0 Å². The molecule has 0 saturated heterocycles. The fourth-order valence-electron chi connectivity index (χ4n) is 1.94. The van der Waals surface area contributed by atoms with Crippen molar-refractivity contribution in [2.45, 2.75) is 27.7 Å². The molecule has 0 heterocycles. The molecule has 0 nitrogen and oxygen atoms in total. The summed E-state index contributed by atoms with van der Waals surface area (Å²) in [6.07, 6.45) is 2.40. The Bertz CT molecular complexity index is 238. The maximum Gasteiger partial charge on any atom is -0.00570 e. The molecular weight excluding hydrogens is 168 g/mol. The summed E-state index contributed by atoms with van der Waals surface area (Å²) < 4.78 is 0. The quantitative estimate of drug-likeness (QED) is 0.667. The van der Waals surface area contributed by atoms with Crippen molar-refractivity contribution in [3.05, 3.63) is 42.3 Å². The topological polar surface area (TPSA) is 0 Å². The van der Waals surface area contributed by atoms with E-state index in [4.69, 9.17) is 0 Å². The lowest BCUT2D eigenvalue weighted by molar-refractivity contribution is 0.337. The van der Waals surface area contributed by atoms with Gasteiger partial charge in [-0.25, -0.2) is 0 Å². The van der Waals surface area contributed by atoms with E-state index in [0.29, 0.717) is 5.92 Å². The lowest BCUT2D eigenvalue weighted by Gasteiger charge is -2.24. The van der Waals surface area contributed by atoms with Gasteiger partial charge in [0.25, 0.3) is 0 Å². The van der Waals surface area contributed by atoms with E-state index < -0.39 is 0 Å². The molecule has 0 amide bonds. The Labute approximate surface area is 88.4 Å². The molecule has 1 rings (SSSR count). The largest absolute Gasteiger partial charge is 0.0625 e. The van der Waals surface area contributed by atoms with Crippen molar-refractivity contribution in [3.63, 3.8) is 0 Å². The Morgan fingerprint density at radius 1 is 0.857 bits per heavy atom. The molecule has 1 aromatic carbocycles. The van der Waals surface area contributed by atoms with Crippen molar-refractivity contribution >= 4 is 0 Å². The fourth-order valence-corrected chi connectivity index (χ4v) is 1.94. The van der Waals surface area contributed by atoms with Crippen molar-refractivity contribution in [3.8, 4) is 0 Å². The van der Waals surface area contributed by atoms with Crippen molar-refractivity contribution in [2.24, 2.45) is 17.8 Å². The van der Waals surface area contributed by atoms with Crippen LogP contribution in [0.1, 0.15) is 33.3 Å². The minimum Gasteiger partial charge on any atom is -0.0625 e. The van der Waals surface area contributed by atoms with E-state index in [2.05, 4.69) is 64.4 Å². The number of rotatable bonds is 4. The summed E-state index contributed by atoms with van der Waals surface area (Å²) in [5.41, 5.74) is 1.35. The van der Waals surface area contributed by atoms with Crippen molar-refractivity contribution in [1.29, 1.82) is 0 Å². The zero-order valence-corrected chi connectivity index (χ0v) is 9.70. The zero-order valence-electron chi connectivity index (χ0n) is 9.70. The van der Waals surface area contributed by atoms with Crippen LogP contribution in [-0.2, 0) is 0 Å². The zero-order chi connectivity index (χ0) is 10.6. The van der Waals surface area contributed by atoms with Crippen LogP contribution in [-0.4, -0.2) is 0 Å². The first-order valence-electron chi connectivity index (χ1n) is 5.51. The maximum atomic E-state index is 2.40. The molecular formula is C14H21.